The maximum Gasteiger partial charge on any atom is 0.355 e. The normalized spacial score (nSPS) is 11.0. The number of hydrogen-bond donors (Lipinski definition) is 1. The van der Waals surface area contributed by atoms with Gasteiger partial charge in [0.15, 0.2) is 0 Å². The van der Waals surface area contributed by atoms with Crippen LogP contribution in [0, 0.1) is 13.8 Å². The Hall–Kier alpha value is -2.17. The van der Waals surface area contributed by atoms with E-state index >= 15 is 0 Å². The van der Waals surface area contributed by atoms with Gasteiger partial charge in [-0.2, -0.15) is 0 Å². The Labute approximate surface area is 174 Å². The summed E-state index contributed by atoms with van der Waals surface area (Å²) in [6.07, 6.45) is 1.41. The van der Waals surface area contributed by atoms with Crippen LogP contribution < -0.4 is 4.74 Å². The first kappa shape index (κ1) is 20.6. The molecule has 3 rings (SSSR count). The SMILES string of the molecule is CCOC(=O)c1[nH]c2ccc(Cl)cc2c1CCCOc1cc(C)c(Cl)c(C)c1. The van der Waals surface area contributed by atoms with Crippen LogP contribution in [0.15, 0.2) is 30.3 Å². The highest BCUT2D eigenvalue weighted by Crippen LogP contribution is 2.28. The van der Waals surface area contributed by atoms with Crippen LogP contribution in [-0.4, -0.2) is 24.2 Å². The highest BCUT2D eigenvalue weighted by atomic mass is 35.5. The molecule has 148 valence electrons. The van der Waals surface area contributed by atoms with Crippen molar-refractivity contribution >= 4 is 40.1 Å². The van der Waals surface area contributed by atoms with Crippen molar-refractivity contribution in [3.8, 4) is 5.75 Å². The summed E-state index contributed by atoms with van der Waals surface area (Å²) >= 11 is 12.4. The number of halogens is 2. The monoisotopic (exact) mass is 419 g/mol. The van der Waals surface area contributed by atoms with Crippen molar-refractivity contribution in [1.82, 2.24) is 4.98 Å². The molecule has 6 heteroatoms. The summed E-state index contributed by atoms with van der Waals surface area (Å²) in [7, 11) is 0. The predicted octanol–water partition coefficient (Wildman–Crippen LogP) is 6.28. The van der Waals surface area contributed by atoms with Crippen LogP contribution in [0.3, 0.4) is 0 Å². The molecule has 1 N–H and O–H groups in total. The van der Waals surface area contributed by atoms with Crippen LogP contribution in [-0.2, 0) is 11.2 Å². The Balaban J connectivity index is 1.75. The minimum absolute atomic E-state index is 0.326. The molecule has 0 fully saturated rings. The lowest BCUT2D eigenvalue weighted by Gasteiger charge is -2.10. The van der Waals surface area contributed by atoms with Crippen LogP contribution >= 0.6 is 23.2 Å². The van der Waals surface area contributed by atoms with Gasteiger partial charge in [-0.05, 0) is 80.6 Å². The molecule has 0 atom stereocenters. The van der Waals surface area contributed by atoms with Gasteiger partial charge in [-0.1, -0.05) is 23.2 Å². The number of carbonyl (C=O) groups is 1. The highest BCUT2D eigenvalue weighted by molar-refractivity contribution is 6.32. The van der Waals surface area contributed by atoms with Gasteiger partial charge in [0.25, 0.3) is 0 Å². The Morgan fingerprint density at radius 1 is 1.11 bits per heavy atom. The number of aryl methyl sites for hydroxylation is 3. The van der Waals surface area contributed by atoms with Gasteiger partial charge in [0, 0.05) is 20.9 Å². The Morgan fingerprint density at radius 2 is 1.82 bits per heavy atom. The quantitative estimate of drug-likeness (QED) is 0.362. The van der Waals surface area contributed by atoms with Crippen molar-refractivity contribution in [1.29, 1.82) is 0 Å². The number of benzene rings is 2. The number of ether oxygens (including phenoxy) is 2. The minimum Gasteiger partial charge on any atom is -0.494 e. The lowest BCUT2D eigenvalue weighted by molar-refractivity contribution is 0.0519. The Morgan fingerprint density at radius 3 is 2.50 bits per heavy atom. The van der Waals surface area contributed by atoms with Crippen molar-refractivity contribution < 1.29 is 14.3 Å². The van der Waals surface area contributed by atoms with Gasteiger partial charge >= 0.3 is 5.97 Å². The zero-order valence-corrected chi connectivity index (χ0v) is 17.7. The van der Waals surface area contributed by atoms with Crippen LogP contribution in [0.4, 0.5) is 0 Å². The lowest BCUT2D eigenvalue weighted by Crippen LogP contribution is -2.09. The number of aromatic amines is 1. The van der Waals surface area contributed by atoms with E-state index in [1.807, 2.05) is 38.1 Å². The van der Waals surface area contributed by atoms with E-state index in [2.05, 4.69) is 4.98 Å². The smallest absolute Gasteiger partial charge is 0.355 e. The fourth-order valence-corrected chi connectivity index (χ4v) is 3.57. The molecule has 0 saturated heterocycles. The van der Waals surface area contributed by atoms with Crippen molar-refractivity contribution in [3.63, 3.8) is 0 Å². The van der Waals surface area contributed by atoms with Crippen molar-refractivity contribution in [2.24, 2.45) is 0 Å². The topological polar surface area (TPSA) is 51.3 Å². The zero-order chi connectivity index (χ0) is 20.3. The van der Waals surface area contributed by atoms with E-state index in [1.165, 1.54) is 0 Å². The number of carbonyl (C=O) groups excluding carboxylic acids is 1. The number of H-pyrrole nitrogens is 1. The molecular formula is C22H23Cl2NO3. The van der Waals surface area contributed by atoms with Gasteiger partial charge in [-0.25, -0.2) is 4.79 Å². The molecule has 28 heavy (non-hydrogen) atoms. The van der Waals surface area contributed by atoms with E-state index in [1.54, 1.807) is 13.0 Å². The van der Waals surface area contributed by atoms with Crippen LogP contribution in [0.1, 0.15) is 40.5 Å². The molecule has 0 amide bonds. The second-order valence-electron chi connectivity index (χ2n) is 6.71. The van der Waals surface area contributed by atoms with E-state index < -0.39 is 0 Å². The molecule has 4 nitrogen and oxygen atoms in total. The third-order valence-corrected chi connectivity index (χ3v) is 5.43. The lowest BCUT2D eigenvalue weighted by atomic mass is 10.1. The number of rotatable bonds is 7. The Bertz CT molecular complexity index is 987. The molecule has 0 unspecified atom stereocenters. The van der Waals surface area contributed by atoms with Gasteiger partial charge in [-0.3, -0.25) is 0 Å². The molecule has 0 aliphatic carbocycles. The van der Waals surface area contributed by atoms with Gasteiger partial charge < -0.3 is 14.5 Å². The van der Waals surface area contributed by atoms with Gasteiger partial charge in [0.05, 0.1) is 13.2 Å². The molecule has 3 aromatic rings. The van der Waals surface area contributed by atoms with Crippen LogP contribution in [0.5, 0.6) is 5.75 Å². The summed E-state index contributed by atoms with van der Waals surface area (Å²) < 4.78 is 11.1. The summed E-state index contributed by atoms with van der Waals surface area (Å²) in [4.78, 5) is 15.5. The molecule has 2 aromatic carbocycles. The second-order valence-corrected chi connectivity index (χ2v) is 7.53. The first-order chi connectivity index (χ1) is 13.4. The summed E-state index contributed by atoms with van der Waals surface area (Å²) in [6, 6.07) is 9.42. The fraction of sp³-hybridized carbons (Fsp3) is 0.318. The second kappa shape index (κ2) is 8.89. The number of esters is 1. The van der Waals surface area contributed by atoms with Crippen LogP contribution in [0.25, 0.3) is 10.9 Å². The fourth-order valence-electron chi connectivity index (χ4n) is 3.29. The van der Waals surface area contributed by atoms with Crippen molar-refractivity contribution in [2.45, 2.75) is 33.6 Å². The molecular weight excluding hydrogens is 397 g/mol. The standard InChI is InChI=1S/C22H23Cl2NO3/c1-4-27-22(26)21-17(18-12-15(23)7-8-19(18)25-21)6-5-9-28-16-10-13(2)20(24)14(3)11-16/h7-8,10-12,25H,4-6,9H2,1-3H3. The third-order valence-electron chi connectivity index (χ3n) is 4.60. The van der Waals surface area contributed by atoms with Crippen LogP contribution in [0.2, 0.25) is 10.0 Å². The average molecular weight is 420 g/mol. The molecule has 1 aromatic heterocycles. The Kier molecular flexibility index (Phi) is 6.53. The molecule has 0 radical (unpaired) electrons. The minimum atomic E-state index is -0.352. The summed E-state index contributed by atoms with van der Waals surface area (Å²) in [6.45, 7) is 6.57. The highest BCUT2D eigenvalue weighted by Gasteiger charge is 2.19. The van der Waals surface area contributed by atoms with Gasteiger partial charge in [0.1, 0.15) is 11.4 Å². The molecule has 1 heterocycles. The number of hydrogen-bond acceptors (Lipinski definition) is 3. The number of nitrogens with one attached hydrogen (secondary N) is 1. The predicted molar refractivity (Wildman–Crippen MR) is 114 cm³/mol. The number of aromatic nitrogens is 1. The van der Waals surface area contributed by atoms with E-state index in [9.17, 15) is 4.79 Å². The molecule has 0 spiro atoms. The molecule has 0 aliphatic rings. The van der Waals surface area contributed by atoms with E-state index in [0.29, 0.717) is 30.4 Å². The average Bonchev–Trinajstić information content (AvgIpc) is 3.01. The molecule has 0 saturated carbocycles. The van der Waals surface area contributed by atoms with E-state index in [4.69, 9.17) is 32.7 Å². The zero-order valence-electron chi connectivity index (χ0n) is 16.2. The molecule has 0 aliphatic heterocycles. The maximum absolute atomic E-state index is 12.4. The molecule has 0 bridgehead atoms. The van der Waals surface area contributed by atoms with Crippen molar-refractivity contribution in [3.05, 3.63) is 62.8 Å². The summed E-state index contributed by atoms with van der Waals surface area (Å²) in [5, 5.41) is 2.34. The number of fused-ring (bicyclic) bond motifs is 1. The first-order valence-electron chi connectivity index (χ1n) is 9.27. The largest absolute Gasteiger partial charge is 0.494 e. The first-order valence-corrected chi connectivity index (χ1v) is 10.0. The van der Waals surface area contributed by atoms with E-state index in [-0.39, 0.29) is 5.97 Å². The van der Waals surface area contributed by atoms with E-state index in [0.717, 1.165) is 44.8 Å². The van der Waals surface area contributed by atoms with Gasteiger partial charge in [-0.15, -0.1) is 0 Å². The maximum atomic E-state index is 12.4. The van der Waals surface area contributed by atoms with Crippen molar-refractivity contribution in [2.75, 3.05) is 13.2 Å². The third kappa shape index (κ3) is 4.45. The van der Waals surface area contributed by atoms with Gasteiger partial charge in [0.2, 0.25) is 0 Å². The summed E-state index contributed by atoms with van der Waals surface area (Å²) in [5.41, 5.74) is 4.24. The summed E-state index contributed by atoms with van der Waals surface area (Å²) in [5.74, 6) is 0.446.